The fourth-order valence-electron chi connectivity index (χ4n) is 3.76. The Labute approximate surface area is 197 Å². The summed E-state index contributed by atoms with van der Waals surface area (Å²) < 4.78 is 38.5. The highest BCUT2D eigenvalue weighted by atomic mass is 32.2. The van der Waals surface area contributed by atoms with Gasteiger partial charge in [0.15, 0.2) is 12.4 Å². The molecule has 0 aliphatic rings. The Hall–Kier alpha value is -3.50. The molecule has 0 amide bonds. The summed E-state index contributed by atoms with van der Waals surface area (Å²) in [6.45, 7) is 1.38. The van der Waals surface area contributed by atoms with Crippen LogP contribution in [0.25, 0.3) is 22.0 Å². The summed E-state index contributed by atoms with van der Waals surface area (Å²) in [7, 11) is 1.15. The van der Waals surface area contributed by atoms with Crippen LogP contribution in [0.1, 0.15) is 28.4 Å². The standard InChI is InChI=1S/C24H25N3O6S/c1-15-17-7-5-6-8-21(17)33-24(15)20(28)14-32-23(29)12-11-22-25-18-13-16(34(30,31)26(2)3)9-10-19(18)27(22)4/h5-10,13H,11-12,14H2,1-4H3. The maximum absolute atomic E-state index is 12.5. The van der Waals surface area contributed by atoms with Crippen molar-refractivity contribution in [1.29, 1.82) is 0 Å². The van der Waals surface area contributed by atoms with Crippen molar-refractivity contribution >= 4 is 43.8 Å². The van der Waals surface area contributed by atoms with E-state index in [1.807, 2.05) is 18.2 Å². The summed E-state index contributed by atoms with van der Waals surface area (Å²) in [5.41, 5.74) is 2.59. The highest BCUT2D eigenvalue weighted by Gasteiger charge is 2.21. The Morgan fingerprint density at radius 1 is 1.15 bits per heavy atom. The fourth-order valence-corrected chi connectivity index (χ4v) is 4.68. The Bertz CT molecular complexity index is 1510. The minimum atomic E-state index is -3.58. The summed E-state index contributed by atoms with van der Waals surface area (Å²) >= 11 is 0. The lowest BCUT2D eigenvalue weighted by atomic mass is 10.1. The molecule has 2 aromatic carbocycles. The monoisotopic (exact) mass is 483 g/mol. The van der Waals surface area contributed by atoms with Gasteiger partial charge in [0.2, 0.25) is 15.8 Å². The molecule has 0 saturated heterocycles. The van der Waals surface area contributed by atoms with Crippen LogP contribution >= 0.6 is 0 Å². The summed E-state index contributed by atoms with van der Waals surface area (Å²) in [6.07, 6.45) is 0.296. The van der Waals surface area contributed by atoms with E-state index in [1.54, 1.807) is 30.7 Å². The molecular formula is C24H25N3O6S. The lowest BCUT2D eigenvalue weighted by Gasteiger charge is -2.10. The van der Waals surface area contributed by atoms with Crippen LogP contribution in [-0.2, 0) is 33.0 Å². The van der Waals surface area contributed by atoms with Crippen molar-refractivity contribution in [3.8, 4) is 0 Å². The number of ketones is 1. The van der Waals surface area contributed by atoms with Gasteiger partial charge in [0.05, 0.1) is 22.3 Å². The van der Waals surface area contributed by atoms with Gasteiger partial charge in [-0.1, -0.05) is 18.2 Å². The number of fused-ring (bicyclic) bond motifs is 2. The Kier molecular flexibility index (Phi) is 6.28. The van der Waals surface area contributed by atoms with E-state index < -0.39 is 28.4 Å². The molecule has 178 valence electrons. The van der Waals surface area contributed by atoms with Gasteiger partial charge < -0.3 is 13.7 Å². The van der Waals surface area contributed by atoms with E-state index in [0.717, 1.165) is 15.2 Å². The quantitative estimate of drug-likeness (QED) is 0.279. The molecule has 4 rings (SSSR count). The van der Waals surface area contributed by atoms with Crippen molar-refractivity contribution in [2.24, 2.45) is 7.05 Å². The smallest absolute Gasteiger partial charge is 0.306 e. The SMILES string of the molecule is Cc1c(C(=O)COC(=O)CCc2nc3cc(S(=O)(=O)N(C)C)ccc3n2C)oc2ccccc12. The molecule has 0 unspecified atom stereocenters. The van der Waals surface area contributed by atoms with Gasteiger partial charge in [0.1, 0.15) is 11.4 Å². The number of para-hydroxylation sites is 1. The second-order valence-electron chi connectivity index (χ2n) is 8.16. The lowest BCUT2D eigenvalue weighted by Crippen LogP contribution is -2.22. The molecule has 0 N–H and O–H groups in total. The average molecular weight is 484 g/mol. The number of aromatic nitrogens is 2. The zero-order chi connectivity index (χ0) is 24.6. The molecule has 0 fully saturated rings. The topological polar surface area (TPSA) is 112 Å². The fraction of sp³-hybridized carbons (Fsp3) is 0.292. The first-order valence-corrected chi connectivity index (χ1v) is 12.1. The van der Waals surface area contributed by atoms with Crippen molar-refractivity contribution in [2.75, 3.05) is 20.7 Å². The normalized spacial score (nSPS) is 12.0. The number of benzene rings is 2. The lowest BCUT2D eigenvalue weighted by molar-refractivity contribution is -0.142. The third kappa shape index (κ3) is 4.34. The van der Waals surface area contributed by atoms with Crippen molar-refractivity contribution in [2.45, 2.75) is 24.7 Å². The maximum Gasteiger partial charge on any atom is 0.306 e. The van der Waals surface area contributed by atoms with Gasteiger partial charge in [-0.15, -0.1) is 0 Å². The summed E-state index contributed by atoms with van der Waals surface area (Å²) in [5.74, 6) is -0.150. The Morgan fingerprint density at radius 3 is 2.59 bits per heavy atom. The number of Topliss-reactive ketones (excluding diaryl/α,β-unsaturated/α-hetero) is 1. The number of rotatable bonds is 8. The van der Waals surface area contributed by atoms with Crippen LogP contribution in [0.15, 0.2) is 51.8 Å². The number of carbonyl (C=O) groups excluding carboxylic acids is 2. The van der Waals surface area contributed by atoms with Gasteiger partial charge in [0.25, 0.3) is 0 Å². The predicted octanol–water partition coefficient (Wildman–Crippen LogP) is 3.24. The number of carbonyl (C=O) groups is 2. The third-order valence-electron chi connectivity index (χ3n) is 5.74. The minimum absolute atomic E-state index is 0.0202. The molecule has 0 saturated carbocycles. The molecule has 10 heteroatoms. The second kappa shape index (κ2) is 9.03. The zero-order valence-electron chi connectivity index (χ0n) is 19.4. The van der Waals surface area contributed by atoms with Crippen LogP contribution in [0.3, 0.4) is 0 Å². The van der Waals surface area contributed by atoms with Gasteiger partial charge in [-0.3, -0.25) is 9.59 Å². The van der Waals surface area contributed by atoms with Gasteiger partial charge in [-0.05, 0) is 31.2 Å². The molecule has 34 heavy (non-hydrogen) atoms. The van der Waals surface area contributed by atoms with Crippen molar-refractivity contribution in [3.05, 3.63) is 59.6 Å². The summed E-state index contributed by atoms with van der Waals surface area (Å²) in [5, 5.41) is 0.848. The van der Waals surface area contributed by atoms with Crippen LogP contribution in [0.5, 0.6) is 0 Å². The molecule has 2 heterocycles. The molecule has 2 aromatic heterocycles. The molecule has 0 radical (unpaired) electrons. The van der Waals surface area contributed by atoms with E-state index >= 15 is 0 Å². The number of esters is 1. The number of hydrogen-bond donors (Lipinski definition) is 0. The highest BCUT2D eigenvalue weighted by molar-refractivity contribution is 7.89. The van der Waals surface area contributed by atoms with Gasteiger partial charge >= 0.3 is 5.97 Å². The molecule has 0 aliphatic heterocycles. The predicted molar refractivity (Wildman–Crippen MR) is 126 cm³/mol. The van der Waals surface area contributed by atoms with E-state index in [-0.39, 0.29) is 23.5 Å². The second-order valence-corrected chi connectivity index (χ2v) is 10.3. The highest BCUT2D eigenvalue weighted by Crippen LogP contribution is 2.25. The molecular weight excluding hydrogens is 458 g/mol. The van der Waals surface area contributed by atoms with Crippen molar-refractivity contribution < 1.29 is 27.2 Å². The Morgan fingerprint density at radius 2 is 1.88 bits per heavy atom. The van der Waals surface area contributed by atoms with Crippen molar-refractivity contribution in [3.63, 3.8) is 0 Å². The first-order chi connectivity index (χ1) is 16.1. The molecule has 4 aromatic rings. The maximum atomic E-state index is 12.5. The number of furan rings is 1. The third-order valence-corrected chi connectivity index (χ3v) is 7.55. The molecule has 0 bridgehead atoms. The largest absolute Gasteiger partial charge is 0.457 e. The van der Waals surface area contributed by atoms with Crippen LogP contribution in [-0.4, -0.2) is 54.7 Å². The van der Waals surface area contributed by atoms with E-state index in [4.69, 9.17) is 9.15 Å². The summed E-state index contributed by atoms with van der Waals surface area (Å²) in [6, 6.07) is 12.1. The van der Waals surface area contributed by atoms with Gasteiger partial charge in [0, 0.05) is 38.5 Å². The summed E-state index contributed by atoms with van der Waals surface area (Å²) in [4.78, 5) is 29.4. The first-order valence-electron chi connectivity index (χ1n) is 10.6. The van der Waals surface area contributed by atoms with Crippen LogP contribution in [0, 0.1) is 6.92 Å². The zero-order valence-corrected chi connectivity index (χ0v) is 20.2. The first kappa shape index (κ1) is 23.7. The van der Waals surface area contributed by atoms with Crippen LogP contribution in [0.2, 0.25) is 0 Å². The molecule has 0 atom stereocenters. The minimum Gasteiger partial charge on any atom is -0.457 e. The number of sulfonamides is 1. The van der Waals surface area contributed by atoms with Gasteiger partial charge in [-0.2, -0.15) is 0 Å². The number of nitrogens with zero attached hydrogens (tertiary/aromatic N) is 3. The number of imidazole rings is 1. The number of aryl methyl sites for hydroxylation is 3. The van der Waals surface area contributed by atoms with E-state index in [0.29, 0.717) is 22.5 Å². The average Bonchev–Trinajstić information content (AvgIpc) is 3.32. The Balaban J connectivity index is 1.40. The molecule has 0 spiro atoms. The van der Waals surface area contributed by atoms with Crippen molar-refractivity contribution in [1.82, 2.24) is 13.9 Å². The molecule has 9 nitrogen and oxygen atoms in total. The number of ether oxygens (including phenoxy) is 1. The van der Waals surface area contributed by atoms with E-state index in [9.17, 15) is 18.0 Å². The van der Waals surface area contributed by atoms with E-state index in [2.05, 4.69) is 4.98 Å². The van der Waals surface area contributed by atoms with Gasteiger partial charge in [-0.25, -0.2) is 17.7 Å². The van der Waals surface area contributed by atoms with Crippen LogP contribution < -0.4 is 0 Å². The number of hydrogen-bond acceptors (Lipinski definition) is 7. The van der Waals surface area contributed by atoms with E-state index in [1.165, 1.54) is 26.2 Å². The van der Waals surface area contributed by atoms with Crippen LogP contribution in [0.4, 0.5) is 0 Å². The molecule has 0 aliphatic carbocycles.